The third-order valence-electron chi connectivity index (χ3n) is 4.88. The van der Waals surface area contributed by atoms with Gasteiger partial charge in [-0.15, -0.1) is 11.3 Å². The van der Waals surface area contributed by atoms with Crippen molar-refractivity contribution in [1.82, 2.24) is 5.32 Å². The number of hydrogen-bond donors (Lipinski definition) is 1. The first-order valence-corrected chi connectivity index (χ1v) is 9.46. The van der Waals surface area contributed by atoms with Crippen LogP contribution in [0.5, 0.6) is 0 Å². The molecular weight excluding hydrogens is 274 g/mol. The highest BCUT2D eigenvalue weighted by atomic mass is 32.1. The zero-order valence-corrected chi connectivity index (χ0v) is 13.9. The Hall–Kier alpha value is -0.860. The van der Waals surface area contributed by atoms with Gasteiger partial charge in [-0.05, 0) is 41.3 Å². The number of rotatable bonds is 5. The Balaban J connectivity index is 1.80. The number of benzene rings is 1. The van der Waals surface area contributed by atoms with Crippen molar-refractivity contribution in [2.75, 3.05) is 6.54 Å². The molecule has 2 aromatic rings. The summed E-state index contributed by atoms with van der Waals surface area (Å²) in [6.07, 6.45) is 9.96. The van der Waals surface area contributed by atoms with E-state index in [1.165, 1.54) is 60.6 Å². The first-order chi connectivity index (χ1) is 10.4. The van der Waals surface area contributed by atoms with Gasteiger partial charge in [-0.3, -0.25) is 0 Å². The van der Waals surface area contributed by atoms with E-state index in [1.54, 1.807) is 0 Å². The molecular formula is C19H27NS. The van der Waals surface area contributed by atoms with Gasteiger partial charge in [-0.1, -0.05) is 63.6 Å². The standard InChI is InChI=1S/C19H27NS/c1-2-20-18(13-15-9-5-3-4-6-10-15)17-14-21-19-12-8-7-11-16(17)19/h7-8,11-12,14-15,18,20H,2-6,9-10,13H2,1H3. The molecule has 1 heterocycles. The molecule has 1 N–H and O–H groups in total. The van der Waals surface area contributed by atoms with E-state index < -0.39 is 0 Å². The van der Waals surface area contributed by atoms with Crippen LogP contribution in [0.1, 0.15) is 63.5 Å². The van der Waals surface area contributed by atoms with Crippen LogP contribution in [0.2, 0.25) is 0 Å². The van der Waals surface area contributed by atoms with E-state index in [4.69, 9.17) is 0 Å². The molecule has 3 rings (SSSR count). The van der Waals surface area contributed by atoms with Gasteiger partial charge in [0.1, 0.15) is 0 Å². The fourth-order valence-corrected chi connectivity index (χ4v) is 4.78. The molecule has 0 radical (unpaired) electrons. The predicted molar refractivity (Wildman–Crippen MR) is 94.1 cm³/mol. The molecule has 2 heteroatoms. The van der Waals surface area contributed by atoms with E-state index in [0.29, 0.717) is 6.04 Å². The smallest absolute Gasteiger partial charge is 0.0346 e. The molecule has 1 aliphatic rings. The van der Waals surface area contributed by atoms with Crippen molar-refractivity contribution in [3.8, 4) is 0 Å². The first-order valence-electron chi connectivity index (χ1n) is 8.58. The molecule has 21 heavy (non-hydrogen) atoms. The fourth-order valence-electron chi connectivity index (χ4n) is 3.77. The van der Waals surface area contributed by atoms with Crippen molar-refractivity contribution in [2.45, 2.75) is 57.9 Å². The van der Waals surface area contributed by atoms with Crippen LogP contribution in [0.3, 0.4) is 0 Å². The fraction of sp³-hybridized carbons (Fsp3) is 0.579. The minimum absolute atomic E-state index is 0.536. The monoisotopic (exact) mass is 301 g/mol. The minimum Gasteiger partial charge on any atom is -0.310 e. The van der Waals surface area contributed by atoms with Crippen molar-refractivity contribution in [2.24, 2.45) is 5.92 Å². The normalized spacial score (nSPS) is 18.7. The first kappa shape index (κ1) is 15.1. The molecule has 0 aliphatic heterocycles. The summed E-state index contributed by atoms with van der Waals surface area (Å²) in [7, 11) is 0. The molecule has 1 atom stereocenters. The number of fused-ring (bicyclic) bond motifs is 1. The molecule has 0 bridgehead atoms. The Bertz CT molecular complexity index is 551. The minimum atomic E-state index is 0.536. The summed E-state index contributed by atoms with van der Waals surface area (Å²) in [4.78, 5) is 0. The zero-order valence-electron chi connectivity index (χ0n) is 13.1. The van der Waals surface area contributed by atoms with E-state index in [-0.39, 0.29) is 0 Å². The second kappa shape index (κ2) is 7.42. The highest BCUT2D eigenvalue weighted by Gasteiger charge is 2.21. The highest BCUT2D eigenvalue weighted by molar-refractivity contribution is 7.17. The van der Waals surface area contributed by atoms with Crippen molar-refractivity contribution in [3.05, 3.63) is 35.2 Å². The zero-order chi connectivity index (χ0) is 14.5. The van der Waals surface area contributed by atoms with Gasteiger partial charge in [0.2, 0.25) is 0 Å². The van der Waals surface area contributed by atoms with Crippen LogP contribution in [0.4, 0.5) is 0 Å². The highest BCUT2D eigenvalue weighted by Crippen LogP contribution is 2.36. The molecule has 114 valence electrons. The number of nitrogens with one attached hydrogen (secondary N) is 1. The lowest BCUT2D eigenvalue weighted by molar-refractivity contribution is 0.361. The van der Waals surface area contributed by atoms with Gasteiger partial charge >= 0.3 is 0 Å². The second-order valence-electron chi connectivity index (χ2n) is 6.39. The Morgan fingerprint density at radius 1 is 1.14 bits per heavy atom. The van der Waals surface area contributed by atoms with Crippen LogP contribution in [0.15, 0.2) is 29.6 Å². The summed E-state index contributed by atoms with van der Waals surface area (Å²) >= 11 is 1.89. The Labute approximate surface area is 132 Å². The second-order valence-corrected chi connectivity index (χ2v) is 7.30. The average Bonchev–Trinajstić information content (AvgIpc) is 2.77. The molecule has 1 fully saturated rings. The van der Waals surface area contributed by atoms with Crippen LogP contribution in [-0.2, 0) is 0 Å². The Kier molecular flexibility index (Phi) is 5.32. The van der Waals surface area contributed by atoms with Crippen LogP contribution in [-0.4, -0.2) is 6.54 Å². The van der Waals surface area contributed by atoms with Crippen LogP contribution in [0, 0.1) is 5.92 Å². The SMILES string of the molecule is CCNC(CC1CCCCCC1)c1csc2ccccc12. The summed E-state index contributed by atoms with van der Waals surface area (Å²) in [5.41, 5.74) is 1.53. The molecule has 1 unspecified atom stereocenters. The average molecular weight is 301 g/mol. The molecule has 1 aliphatic carbocycles. The van der Waals surface area contributed by atoms with Crippen molar-refractivity contribution in [3.63, 3.8) is 0 Å². The van der Waals surface area contributed by atoms with Crippen LogP contribution >= 0.6 is 11.3 Å². The van der Waals surface area contributed by atoms with E-state index in [9.17, 15) is 0 Å². The maximum Gasteiger partial charge on any atom is 0.0346 e. The van der Waals surface area contributed by atoms with E-state index >= 15 is 0 Å². The largest absolute Gasteiger partial charge is 0.310 e. The molecule has 1 saturated carbocycles. The number of hydrogen-bond acceptors (Lipinski definition) is 2. The maximum absolute atomic E-state index is 3.75. The molecule has 0 amide bonds. The maximum atomic E-state index is 3.75. The predicted octanol–water partition coefficient (Wildman–Crippen LogP) is 5.91. The van der Waals surface area contributed by atoms with Crippen molar-refractivity contribution < 1.29 is 0 Å². The van der Waals surface area contributed by atoms with Crippen molar-refractivity contribution >= 4 is 21.4 Å². The van der Waals surface area contributed by atoms with Gasteiger partial charge in [0.15, 0.2) is 0 Å². The van der Waals surface area contributed by atoms with E-state index in [0.717, 1.165) is 12.5 Å². The van der Waals surface area contributed by atoms with Crippen LogP contribution in [0.25, 0.3) is 10.1 Å². The van der Waals surface area contributed by atoms with Gasteiger partial charge in [-0.25, -0.2) is 0 Å². The summed E-state index contributed by atoms with van der Waals surface area (Å²) in [5, 5.41) is 7.60. The lowest BCUT2D eigenvalue weighted by Crippen LogP contribution is -2.23. The summed E-state index contributed by atoms with van der Waals surface area (Å²) in [5.74, 6) is 0.912. The Morgan fingerprint density at radius 3 is 2.67 bits per heavy atom. The molecule has 1 nitrogen and oxygen atoms in total. The molecule has 0 spiro atoms. The molecule has 1 aromatic heterocycles. The lowest BCUT2D eigenvalue weighted by atomic mass is 9.89. The van der Waals surface area contributed by atoms with Gasteiger partial charge in [0, 0.05) is 10.7 Å². The van der Waals surface area contributed by atoms with Crippen molar-refractivity contribution in [1.29, 1.82) is 0 Å². The third-order valence-corrected chi connectivity index (χ3v) is 5.86. The Morgan fingerprint density at radius 2 is 1.90 bits per heavy atom. The third kappa shape index (κ3) is 3.67. The van der Waals surface area contributed by atoms with Gasteiger partial charge in [0.25, 0.3) is 0 Å². The molecule has 1 aromatic carbocycles. The van der Waals surface area contributed by atoms with Gasteiger partial charge in [-0.2, -0.15) is 0 Å². The summed E-state index contributed by atoms with van der Waals surface area (Å²) < 4.78 is 1.43. The van der Waals surface area contributed by atoms with E-state index in [1.807, 2.05) is 11.3 Å². The quantitative estimate of drug-likeness (QED) is 0.677. The molecule has 0 saturated heterocycles. The van der Waals surface area contributed by atoms with Gasteiger partial charge in [0.05, 0.1) is 0 Å². The van der Waals surface area contributed by atoms with Gasteiger partial charge < -0.3 is 5.32 Å². The lowest BCUT2D eigenvalue weighted by Gasteiger charge is -2.23. The number of thiophene rings is 1. The topological polar surface area (TPSA) is 12.0 Å². The van der Waals surface area contributed by atoms with Crippen LogP contribution < -0.4 is 5.32 Å². The van der Waals surface area contributed by atoms with E-state index in [2.05, 4.69) is 41.9 Å². The summed E-state index contributed by atoms with van der Waals surface area (Å²) in [6, 6.07) is 9.40. The summed E-state index contributed by atoms with van der Waals surface area (Å²) in [6.45, 7) is 3.29.